The van der Waals surface area contributed by atoms with E-state index in [9.17, 15) is 25.0 Å². The first-order valence-corrected chi connectivity index (χ1v) is 23.6. The van der Waals surface area contributed by atoms with Gasteiger partial charge in [0.05, 0.1) is 32.5 Å². The Morgan fingerprint density at radius 1 is 0.529 bits per heavy atom. The van der Waals surface area contributed by atoms with Gasteiger partial charge in [0.1, 0.15) is 32.3 Å². The van der Waals surface area contributed by atoms with Crippen LogP contribution in [0.3, 0.4) is 0 Å². The van der Waals surface area contributed by atoms with Crippen molar-refractivity contribution in [2.45, 2.75) is 206 Å². The Hall–Kier alpha value is -0.0500. The second kappa shape index (κ2) is 39.6. The molecule has 308 valence electrons. The van der Waals surface area contributed by atoms with Crippen molar-refractivity contribution in [2.75, 3.05) is 65.4 Å². The van der Waals surface area contributed by atoms with E-state index in [2.05, 4.69) is 13.8 Å². The Bertz CT molecular complexity index is 700. The van der Waals surface area contributed by atoms with Gasteiger partial charge < -0.3 is 34.2 Å². The lowest BCUT2D eigenvalue weighted by Gasteiger charge is -2.38. The molecule has 0 fully saturated rings. The third kappa shape index (κ3) is 34.2. The first-order valence-electron chi connectivity index (χ1n) is 22.1. The molecular formula is C42H89NO7P+. The zero-order chi connectivity index (χ0) is 37.5. The van der Waals surface area contributed by atoms with E-state index < -0.39 is 14.1 Å². The molecule has 0 bridgehead atoms. The van der Waals surface area contributed by atoms with Crippen LogP contribution in [0.5, 0.6) is 0 Å². The van der Waals surface area contributed by atoms with Crippen molar-refractivity contribution in [3.05, 3.63) is 0 Å². The monoisotopic (exact) mass is 751 g/mol. The average molecular weight is 751 g/mol. The first-order chi connectivity index (χ1) is 25.0. The van der Waals surface area contributed by atoms with E-state index in [-0.39, 0.29) is 36.6 Å². The minimum Gasteiger partial charge on any atom is -0.391 e. The van der Waals surface area contributed by atoms with Crippen LogP contribution in [0.15, 0.2) is 0 Å². The fourth-order valence-electron chi connectivity index (χ4n) is 7.32. The molecule has 9 heteroatoms. The minimum atomic E-state index is -2.36. The summed E-state index contributed by atoms with van der Waals surface area (Å²) in [4.78, 5) is 0. The molecule has 3 unspecified atom stereocenters. The van der Waals surface area contributed by atoms with Crippen molar-refractivity contribution in [3.8, 4) is 0 Å². The molecule has 0 amide bonds. The van der Waals surface area contributed by atoms with Crippen molar-refractivity contribution < 1.29 is 38.7 Å². The van der Waals surface area contributed by atoms with Crippen LogP contribution in [0.25, 0.3) is 0 Å². The van der Waals surface area contributed by atoms with Crippen LogP contribution < -0.4 is 0 Å². The molecule has 3 atom stereocenters. The smallest absolute Gasteiger partial charge is 0.192 e. The molecule has 0 aromatic heterocycles. The van der Waals surface area contributed by atoms with Crippen molar-refractivity contribution in [3.63, 3.8) is 0 Å². The van der Waals surface area contributed by atoms with Crippen molar-refractivity contribution in [1.82, 2.24) is 0 Å². The van der Waals surface area contributed by atoms with E-state index >= 15 is 0 Å². The summed E-state index contributed by atoms with van der Waals surface area (Å²) >= 11 is 0. The van der Waals surface area contributed by atoms with Gasteiger partial charge in [-0.3, -0.25) is 4.57 Å². The maximum atomic E-state index is 13.1. The van der Waals surface area contributed by atoms with Gasteiger partial charge in [0.2, 0.25) is 0 Å². The van der Waals surface area contributed by atoms with Gasteiger partial charge in [0, 0.05) is 12.8 Å². The van der Waals surface area contributed by atoms with Crippen LogP contribution >= 0.6 is 8.03 Å². The third-order valence-corrected chi connectivity index (χ3v) is 11.9. The number of rotatable bonds is 43. The largest absolute Gasteiger partial charge is 0.391 e. The summed E-state index contributed by atoms with van der Waals surface area (Å²) in [5, 5.41) is 39.4. The van der Waals surface area contributed by atoms with Gasteiger partial charge >= 0.3 is 0 Å². The van der Waals surface area contributed by atoms with Gasteiger partial charge in [-0.05, 0) is 19.3 Å². The highest BCUT2D eigenvalue weighted by molar-refractivity contribution is 7.39. The number of ether oxygens (including phenoxy) is 1. The highest BCUT2D eigenvalue weighted by Crippen LogP contribution is 2.29. The first kappa shape index (κ1) is 51.0. The minimum absolute atomic E-state index is 0.0907. The van der Waals surface area contributed by atoms with E-state index in [1.165, 1.54) is 148 Å². The maximum absolute atomic E-state index is 13.1. The van der Waals surface area contributed by atoms with E-state index in [1.807, 2.05) is 0 Å². The SMILES string of the molecule is CCCCCCCCCCCCCCCCOCC(CCCCCCCCCCCCCC)O[PH](=O)CCC(O)C[N+](CCO)(CCO)CCO. The van der Waals surface area contributed by atoms with E-state index in [0.717, 1.165) is 32.3 Å². The number of unbranched alkanes of at least 4 members (excludes halogenated alkanes) is 24. The Labute approximate surface area is 317 Å². The number of hydrogen-bond acceptors (Lipinski definition) is 7. The zero-order valence-corrected chi connectivity index (χ0v) is 35.0. The molecule has 0 aliphatic rings. The van der Waals surface area contributed by atoms with E-state index in [4.69, 9.17) is 9.26 Å². The van der Waals surface area contributed by atoms with Crippen molar-refractivity contribution in [1.29, 1.82) is 0 Å². The molecule has 0 saturated heterocycles. The van der Waals surface area contributed by atoms with E-state index in [1.54, 1.807) is 0 Å². The van der Waals surface area contributed by atoms with Gasteiger partial charge in [-0.25, -0.2) is 0 Å². The molecule has 0 rings (SSSR count). The third-order valence-electron chi connectivity index (χ3n) is 10.6. The highest BCUT2D eigenvalue weighted by atomic mass is 31.1. The summed E-state index contributed by atoms with van der Waals surface area (Å²) in [6.07, 6.45) is 34.8. The maximum Gasteiger partial charge on any atom is 0.192 e. The standard InChI is InChI=1S/C42H89NO7P/c1-3-5-7-9-11-13-15-17-18-20-22-24-26-28-37-49-40-42(29-27-25-23-21-19-16-14-12-10-8-6-4-2)50-51(48)38-30-41(47)39-43(31-34-44,32-35-45)33-36-46/h41-42,44-47,51H,3-40H2,1-2H3/q+1. The van der Waals surface area contributed by atoms with Crippen LogP contribution in [0.4, 0.5) is 0 Å². The number of quaternary nitrogens is 1. The molecule has 4 N–H and O–H groups in total. The van der Waals surface area contributed by atoms with Gasteiger partial charge in [-0.2, -0.15) is 0 Å². The number of nitrogens with zero attached hydrogens (tertiary/aromatic N) is 1. The predicted octanol–water partition coefficient (Wildman–Crippen LogP) is 9.98. The average Bonchev–Trinajstić information content (AvgIpc) is 3.11. The van der Waals surface area contributed by atoms with E-state index in [0.29, 0.717) is 39.2 Å². The lowest BCUT2D eigenvalue weighted by Crippen LogP contribution is -2.56. The number of hydrogen-bond donors (Lipinski definition) is 4. The highest BCUT2D eigenvalue weighted by Gasteiger charge is 2.29. The molecule has 8 nitrogen and oxygen atoms in total. The Morgan fingerprint density at radius 2 is 0.902 bits per heavy atom. The van der Waals surface area contributed by atoms with Crippen molar-refractivity contribution >= 4 is 8.03 Å². The number of aliphatic hydroxyl groups is 4. The Morgan fingerprint density at radius 3 is 1.29 bits per heavy atom. The Balaban J connectivity index is 4.45. The van der Waals surface area contributed by atoms with Crippen LogP contribution in [0.1, 0.15) is 194 Å². The fraction of sp³-hybridized carbons (Fsp3) is 1.00. The molecule has 0 saturated carbocycles. The normalized spacial score (nSPS) is 13.9. The summed E-state index contributed by atoms with van der Waals surface area (Å²) in [6, 6.07) is 0. The molecule has 0 radical (unpaired) electrons. The summed E-state index contributed by atoms with van der Waals surface area (Å²) in [5.41, 5.74) is 0. The van der Waals surface area contributed by atoms with Gasteiger partial charge in [0.25, 0.3) is 0 Å². The molecular weight excluding hydrogens is 661 g/mol. The fourth-order valence-corrected chi connectivity index (χ4v) is 8.56. The molecule has 0 aromatic rings. The summed E-state index contributed by atoms with van der Waals surface area (Å²) in [6.45, 7) is 6.80. The van der Waals surface area contributed by atoms with Gasteiger partial charge in [-0.1, -0.05) is 174 Å². The second-order valence-corrected chi connectivity index (χ2v) is 17.0. The van der Waals surface area contributed by atoms with Gasteiger partial charge in [0.15, 0.2) is 8.03 Å². The summed E-state index contributed by atoms with van der Waals surface area (Å²) in [5.74, 6) is 0. The molecule has 0 heterocycles. The molecule has 0 spiro atoms. The zero-order valence-electron chi connectivity index (χ0n) is 34.0. The second-order valence-electron chi connectivity index (χ2n) is 15.5. The summed E-state index contributed by atoms with van der Waals surface area (Å²) < 4.78 is 25.4. The van der Waals surface area contributed by atoms with Crippen LogP contribution in [-0.4, -0.2) is 102 Å². The lowest BCUT2D eigenvalue weighted by atomic mass is 10.0. The van der Waals surface area contributed by atoms with Crippen LogP contribution in [-0.2, 0) is 13.8 Å². The molecule has 51 heavy (non-hydrogen) atoms. The van der Waals surface area contributed by atoms with Crippen LogP contribution in [0.2, 0.25) is 0 Å². The molecule has 0 aliphatic carbocycles. The number of aliphatic hydroxyl groups excluding tert-OH is 4. The lowest BCUT2D eigenvalue weighted by molar-refractivity contribution is -0.931. The molecule has 0 aliphatic heterocycles. The van der Waals surface area contributed by atoms with Crippen LogP contribution in [0, 0.1) is 0 Å². The van der Waals surface area contributed by atoms with Crippen molar-refractivity contribution in [2.24, 2.45) is 0 Å². The quantitative estimate of drug-likeness (QED) is 0.0279. The molecule has 0 aromatic carbocycles. The van der Waals surface area contributed by atoms with Gasteiger partial charge in [-0.15, -0.1) is 0 Å². The predicted molar refractivity (Wildman–Crippen MR) is 217 cm³/mol. The summed E-state index contributed by atoms with van der Waals surface area (Å²) in [7, 11) is -2.36. The topological polar surface area (TPSA) is 116 Å². The Kier molecular flexibility index (Phi) is 39.6.